The monoisotopic (exact) mass is 357 g/mol. The number of rotatable bonds is 7. The maximum Gasteiger partial charge on any atom is 0.146 e. The van der Waals surface area contributed by atoms with Gasteiger partial charge in [0.1, 0.15) is 12.6 Å². The van der Waals surface area contributed by atoms with Crippen LogP contribution in [0, 0.1) is 0 Å². The maximum absolute atomic E-state index is 11.4. The Kier molecular flexibility index (Phi) is 7.53. The highest BCUT2D eigenvalue weighted by molar-refractivity contribution is 5.77. The van der Waals surface area contributed by atoms with Crippen molar-refractivity contribution in [1.82, 2.24) is 10.3 Å². The lowest BCUT2D eigenvalue weighted by atomic mass is 10.0. The lowest BCUT2D eigenvalue weighted by Gasteiger charge is -2.34. The summed E-state index contributed by atoms with van der Waals surface area (Å²) >= 11 is 0. The van der Waals surface area contributed by atoms with Crippen molar-refractivity contribution in [2.24, 2.45) is 5.10 Å². The number of aldehydes is 2. The van der Waals surface area contributed by atoms with Crippen molar-refractivity contribution in [1.29, 1.82) is 0 Å². The van der Waals surface area contributed by atoms with Crippen molar-refractivity contribution in [2.75, 3.05) is 20.3 Å². The Bertz CT molecular complexity index is 680. The molecule has 140 valence electrons. The van der Waals surface area contributed by atoms with E-state index in [0.717, 1.165) is 53.5 Å². The fourth-order valence-corrected chi connectivity index (χ4v) is 3.22. The van der Waals surface area contributed by atoms with Gasteiger partial charge in [-0.1, -0.05) is 6.08 Å². The van der Waals surface area contributed by atoms with Gasteiger partial charge in [0.25, 0.3) is 0 Å². The minimum atomic E-state index is 0.160. The van der Waals surface area contributed by atoms with E-state index in [1.54, 1.807) is 12.3 Å². The minimum Gasteiger partial charge on any atom is -0.388 e. The van der Waals surface area contributed by atoms with Crippen molar-refractivity contribution in [2.45, 2.75) is 39.2 Å². The lowest BCUT2D eigenvalue weighted by molar-refractivity contribution is -0.105. The van der Waals surface area contributed by atoms with Crippen molar-refractivity contribution in [3.8, 4) is 0 Å². The van der Waals surface area contributed by atoms with Gasteiger partial charge < -0.3 is 10.1 Å². The van der Waals surface area contributed by atoms with Crippen LogP contribution in [0.4, 0.5) is 0 Å². The van der Waals surface area contributed by atoms with E-state index in [9.17, 15) is 9.59 Å². The summed E-state index contributed by atoms with van der Waals surface area (Å²) in [5.74, 6) is 0. The van der Waals surface area contributed by atoms with Crippen LogP contribution in [-0.4, -0.2) is 50.1 Å². The number of carbonyl (C=O) groups excluding carboxylic acids is 2. The summed E-state index contributed by atoms with van der Waals surface area (Å²) < 4.78 is 5.47. The van der Waals surface area contributed by atoms with Gasteiger partial charge >= 0.3 is 0 Å². The quantitative estimate of drug-likeness (QED) is 0.328. The van der Waals surface area contributed by atoms with Gasteiger partial charge in [0.2, 0.25) is 0 Å². The number of nitrogens with one attached hydrogen (secondary N) is 1. The normalized spacial score (nSPS) is 19.7. The number of carbonyl (C=O) groups is 2. The van der Waals surface area contributed by atoms with Gasteiger partial charge in [-0.3, -0.25) is 14.6 Å². The van der Waals surface area contributed by atoms with Gasteiger partial charge in [-0.05, 0) is 50.3 Å². The zero-order valence-electron chi connectivity index (χ0n) is 15.7. The van der Waals surface area contributed by atoms with E-state index in [2.05, 4.69) is 10.4 Å². The molecule has 1 aliphatic heterocycles. The number of hydrogen-bond acceptors (Lipinski definition) is 6. The summed E-state index contributed by atoms with van der Waals surface area (Å²) in [6.07, 6.45) is 11.1. The third kappa shape index (κ3) is 4.58. The van der Waals surface area contributed by atoms with E-state index in [0.29, 0.717) is 19.6 Å². The molecule has 1 saturated heterocycles. The minimum absolute atomic E-state index is 0.160. The van der Waals surface area contributed by atoms with E-state index in [4.69, 9.17) is 4.74 Å². The topological polar surface area (TPSA) is 71.0 Å². The first-order valence-corrected chi connectivity index (χ1v) is 8.92. The van der Waals surface area contributed by atoms with Gasteiger partial charge in [-0.25, -0.2) is 0 Å². The number of allylic oxidation sites excluding steroid dienone is 5. The van der Waals surface area contributed by atoms with Gasteiger partial charge in [0.15, 0.2) is 0 Å². The average molecular weight is 357 g/mol. The van der Waals surface area contributed by atoms with E-state index in [1.807, 2.05) is 38.1 Å². The zero-order chi connectivity index (χ0) is 18.9. The second kappa shape index (κ2) is 9.87. The molecule has 0 unspecified atom stereocenters. The molecule has 0 aromatic carbocycles. The maximum atomic E-state index is 11.4. The number of likely N-dealkylation sites (N-methyl/N-ethyl adjacent to an activating group) is 1. The molecular weight excluding hydrogens is 330 g/mol. The standard InChI is InChI=1S/C20H27N3O3/c1-4-22-23(17-8-11-26-12-9-17)20(7-10-24)18-6-5-16(14-25)15(2)13-19(18)21-3/h4,6-7,10,13-14,17,21H,5,8-9,11-12H2,1-3H3/b20-7+,22-4-. The van der Waals surface area contributed by atoms with Crippen molar-refractivity contribution < 1.29 is 14.3 Å². The van der Waals surface area contributed by atoms with E-state index < -0.39 is 0 Å². The highest BCUT2D eigenvalue weighted by atomic mass is 16.5. The molecule has 0 bridgehead atoms. The van der Waals surface area contributed by atoms with Gasteiger partial charge in [-0.15, -0.1) is 0 Å². The van der Waals surface area contributed by atoms with Crippen molar-refractivity contribution in [3.05, 3.63) is 46.3 Å². The third-order valence-electron chi connectivity index (χ3n) is 4.62. The number of hydrazone groups is 1. The van der Waals surface area contributed by atoms with Crippen LogP contribution in [0.2, 0.25) is 0 Å². The molecular formula is C20H27N3O3. The molecule has 2 aliphatic rings. The Morgan fingerprint density at radius 3 is 2.65 bits per heavy atom. The average Bonchev–Trinajstić information content (AvgIpc) is 2.83. The predicted octanol–water partition coefficient (Wildman–Crippen LogP) is 2.50. The number of ether oxygens (including phenoxy) is 1. The van der Waals surface area contributed by atoms with Crippen molar-refractivity contribution in [3.63, 3.8) is 0 Å². The summed E-state index contributed by atoms with van der Waals surface area (Å²) in [5.41, 5.74) is 4.10. The molecule has 6 nitrogen and oxygen atoms in total. The first-order chi connectivity index (χ1) is 12.7. The molecule has 6 heteroatoms. The number of hydrogen-bond donors (Lipinski definition) is 1. The molecule has 0 aromatic rings. The predicted molar refractivity (Wildman–Crippen MR) is 103 cm³/mol. The Morgan fingerprint density at radius 1 is 1.35 bits per heavy atom. The second-order valence-corrected chi connectivity index (χ2v) is 6.21. The lowest BCUT2D eigenvalue weighted by Crippen LogP contribution is -2.36. The molecule has 1 fully saturated rings. The smallest absolute Gasteiger partial charge is 0.146 e. The van der Waals surface area contributed by atoms with Crippen LogP contribution in [0.3, 0.4) is 0 Å². The molecule has 1 heterocycles. The fourth-order valence-electron chi connectivity index (χ4n) is 3.22. The summed E-state index contributed by atoms with van der Waals surface area (Å²) in [5, 5.41) is 9.65. The Balaban J connectivity index is 2.48. The molecule has 0 radical (unpaired) electrons. The Hall–Kier alpha value is -2.47. The van der Waals surface area contributed by atoms with E-state index in [1.165, 1.54) is 0 Å². The Labute approximate surface area is 155 Å². The third-order valence-corrected chi connectivity index (χ3v) is 4.62. The van der Waals surface area contributed by atoms with Gasteiger partial charge in [0.05, 0.1) is 11.7 Å². The highest BCUT2D eigenvalue weighted by Gasteiger charge is 2.26. The van der Waals surface area contributed by atoms with Gasteiger partial charge in [0, 0.05) is 43.8 Å². The van der Waals surface area contributed by atoms with Gasteiger partial charge in [-0.2, -0.15) is 5.10 Å². The molecule has 1 N–H and O–H groups in total. The van der Waals surface area contributed by atoms with Crippen LogP contribution in [0.15, 0.2) is 51.4 Å². The first kappa shape index (κ1) is 19.8. The molecule has 1 aliphatic carbocycles. The molecule has 0 saturated carbocycles. The highest BCUT2D eigenvalue weighted by Crippen LogP contribution is 2.30. The summed E-state index contributed by atoms with van der Waals surface area (Å²) in [7, 11) is 1.83. The fraction of sp³-hybridized carbons (Fsp3) is 0.450. The molecule has 0 spiro atoms. The number of nitrogens with zero attached hydrogens (tertiary/aromatic N) is 2. The van der Waals surface area contributed by atoms with Crippen LogP contribution in [0.5, 0.6) is 0 Å². The zero-order valence-corrected chi connectivity index (χ0v) is 15.7. The summed E-state index contributed by atoms with van der Waals surface area (Å²) in [4.78, 5) is 22.8. The van der Waals surface area contributed by atoms with Crippen LogP contribution >= 0.6 is 0 Å². The largest absolute Gasteiger partial charge is 0.388 e. The molecule has 26 heavy (non-hydrogen) atoms. The van der Waals surface area contributed by atoms with E-state index >= 15 is 0 Å². The van der Waals surface area contributed by atoms with Crippen LogP contribution in [0.1, 0.15) is 33.1 Å². The first-order valence-electron chi connectivity index (χ1n) is 8.92. The van der Waals surface area contributed by atoms with Crippen LogP contribution in [-0.2, 0) is 14.3 Å². The molecule has 2 rings (SSSR count). The summed E-state index contributed by atoms with van der Waals surface area (Å²) in [6, 6.07) is 0.160. The van der Waals surface area contributed by atoms with Crippen LogP contribution in [0.25, 0.3) is 0 Å². The van der Waals surface area contributed by atoms with Crippen LogP contribution < -0.4 is 5.32 Å². The molecule has 0 atom stereocenters. The SMILES string of the molecule is C/C=N\N(/C(=C/C=O)C1=CCC(C=O)=C(C)C=C1NC)C1CCOCC1. The summed E-state index contributed by atoms with van der Waals surface area (Å²) in [6.45, 7) is 5.13. The van der Waals surface area contributed by atoms with E-state index in [-0.39, 0.29) is 6.04 Å². The second-order valence-electron chi connectivity index (χ2n) is 6.21. The Morgan fingerprint density at radius 2 is 2.08 bits per heavy atom. The van der Waals surface area contributed by atoms with Crippen molar-refractivity contribution >= 4 is 18.8 Å². The molecule has 0 aromatic heterocycles. The molecule has 0 amide bonds.